The molecule has 7 nitrogen and oxygen atoms in total. The van der Waals surface area contributed by atoms with Gasteiger partial charge in [-0.25, -0.2) is 13.1 Å². The normalized spacial score (nSPS) is 12.2. The fourth-order valence-corrected chi connectivity index (χ4v) is 2.47. The molecule has 0 aliphatic rings. The predicted octanol–water partition coefficient (Wildman–Crippen LogP) is 1.75. The first-order valence-electron chi connectivity index (χ1n) is 6.55. The van der Waals surface area contributed by atoms with E-state index in [1.807, 2.05) is 6.92 Å². The lowest BCUT2D eigenvalue weighted by Crippen LogP contribution is -2.50. The number of sulfonamides is 1. The maximum Gasteiger partial charge on any atom is 0.247 e. The Bertz CT molecular complexity index is 632. The van der Waals surface area contributed by atoms with Crippen LogP contribution in [0.4, 0.5) is 5.82 Å². The second-order valence-corrected chi connectivity index (χ2v) is 7.54. The maximum absolute atomic E-state index is 12.2. The van der Waals surface area contributed by atoms with Gasteiger partial charge in [0.15, 0.2) is 16.3 Å². The van der Waals surface area contributed by atoms with Crippen LogP contribution in [0.15, 0.2) is 17.2 Å². The van der Waals surface area contributed by atoms with Crippen molar-refractivity contribution < 1.29 is 17.7 Å². The summed E-state index contributed by atoms with van der Waals surface area (Å²) in [6.45, 7) is 10.2. The van der Waals surface area contributed by atoms with Crippen molar-refractivity contribution in [2.24, 2.45) is 0 Å². The Hall–Kier alpha value is -1.67. The number of nitrogens with one attached hydrogen (secondary N) is 2. The third kappa shape index (κ3) is 3.92. The smallest absolute Gasteiger partial charge is 0.247 e. The summed E-state index contributed by atoms with van der Waals surface area (Å²) in [5, 5.41) is 6.09. The highest BCUT2D eigenvalue weighted by atomic mass is 32.2. The number of aromatic nitrogens is 1. The molecule has 1 heterocycles. The molecule has 0 aliphatic heterocycles. The molecule has 1 rings (SSSR count). The standard InChI is InChI=1S/C13H21N3O4S/c1-6-7-14-21(18,19)13(4,5)12(17)15-11-8-10(9(2)3)20-16-11/h8,14H,2,6-7H2,1,3-5H3,(H,15,16,17). The molecule has 0 unspecified atom stereocenters. The molecule has 0 fully saturated rings. The summed E-state index contributed by atoms with van der Waals surface area (Å²) < 4.78 is 30.0. The minimum atomic E-state index is -3.79. The molecule has 0 saturated carbocycles. The number of hydrogen-bond acceptors (Lipinski definition) is 5. The number of carbonyl (C=O) groups is 1. The van der Waals surface area contributed by atoms with Crippen molar-refractivity contribution in [2.45, 2.75) is 38.9 Å². The number of nitrogens with zero attached hydrogens (tertiary/aromatic N) is 1. The molecule has 0 bridgehead atoms. The zero-order chi connectivity index (χ0) is 16.3. The van der Waals surface area contributed by atoms with Gasteiger partial charge in [-0.1, -0.05) is 18.7 Å². The topological polar surface area (TPSA) is 101 Å². The molecule has 1 aromatic rings. The summed E-state index contributed by atoms with van der Waals surface area (Å²) >= 11 is 0. The zero-order valence-electron chi connectivity index (χ0n) is 12.7. The first-order valence-corrected chi connectivity index (χ1v) is 8.03. The van der Waals surface area contributed by atoms with E-state index >= 15 is 0 Å². The van der Waals surface area contributed by atoms with Gasteiger partial charge >= 0.3 is 0 Å². The van der Waals surface area contributed by atoms with Crippen LogP contribution in [0.2, 0.25) is 0 Å². The van der Waals surface area contributed by atoms with Gasteiger partial charge in [0.2, 0.25) is 15.9 Å². The monoisotopic (exact) mass is 315 g/mol. The predicted molar refractivity (Wildman–Crippen MR) is 81.1 cm³/mol. The number of anilines is 1. The van der Waals surface area contributed by atoms with Gasteiger partial charge in [-0.15, -0.1) is 0 Å². The summed E-state index contributed by atoms with van der Waals surface area (Å²) in [5.41, 5.74) is 0.652. The van der Waals surface area contributed by atoms with Crippen molar-refractivity contribution in [3.05, 3.63) is 18.4 Å². The largest absolute Gasteiger partial charge is 0.354 e. The van der Waals surface area contributed by atoms with Gasteiger partial charge in [0.05, 0.1) is 0 Å². The van der Waals surface area contributed by atoms with E-state index in [2.05, 4.69) is 21.8 Å². The molecule has 0 atom stereocenters. The van der Waals surface area contributed by atoms with Crippen molar-refractivity contribution in [2.75, 3.05) is 11.9 Å². The summed E-state index contributed by atoms with van der Waals surface area (Å²) in [6, 6.07) is 1.49. The average molecular weight is 315 g/mol. The SMILES string of the molecule is C=C(C)c1cc(NC(=O)C(C)(C)S(=O)(=O)NCCC)no1. The van der Waals surface area contributed by atoms with Crippen molar-refractivity contribution in [3.63, 3.8) is 0 Å². The highest BCUT2D eigenvalue weighted by Gasteiger charge is 2.41. The average Bonchev–Trinajstić information content (AvgIpc) is 2.84. The van der Waals surface area contributed by atoms with E-state index < -0.39 is 20.7 Å². The van der Waals surface area contributed by atoms with E-state index in [1.54, 1.807) is 6.92 Å². The van der Waals surface area contributed by atoms with Crippen molar-refractivity contribution in [3.8, 4) is 0 Å². The lowest BCUT2D eigenvalue weighted by Gasteiger charge is -2.23. The molecular formula is C13H21N3O4S. The van der Waals surface area contributed by atoms with Crippen molar-refractivity contribution in [1.82, 2.24) is 9.88 Å². The molecule has 0 aliphatic carbocycles. The molecule has 0 radical (unpaired) electrons. The second-order valence-electron chi connectivity index (χ2n) is 5.22. The maximum atomic E-state index is 12.2. The molecular weight excluding hydrogens is 294 g/mol. The van der Waals surface area contributed by atoms with Crippen molar-refractivity contribution in [1.29, 1.82) is 0 Å². The van der Waals surface area contributed by atoms with Gasteiger partial charge in [-0.3, -0.25) is 4.79 Å². The Morgan fingerprint density at radius 1 is 1.48 bits per heavy atom. The van der Waals surface area contributed by atoms with Gasteiger partial charge in [0, 0.05) is 12.6 Å². The molecule has 0 saturated heterocycles. The molecule has 1 aromatic heterocycles. The van der Waals surface area contributed by atoms with Crippen LogP contribution in [-0.2, 0) is 14.8 Å². The minimum Gasteiger partial charge on any atom is -0.354 e. The van der Waals surface area contributed by atoms with E-state index in [0.29, 0.717) is 17.8 Å². The van der Waals surface area contributed by atoms with E-state index in [-0.39, 0.29) is 12.4 Å². The third-order valence-corrected chi connectivity index (χ3v) is 5.05. The Balaban J connectivity index is 2.88. The molecule has 2 N–H and O–H groups in total. The number of amides is 1. The van der Waals surface area contributed by atoms with Crippen LogP contribution >= 0.6 is 0 Å². The molecule has 118 valence electrons. The number of carbonyl (C=O) groups excluding carboxylic acids is 1. The van der Waals surface area contributed by atoms with Crippen LogP contribution < -0.4 is 10.0 Å². The summed E-state index contributed by atoms with van der Waals surface area (Å²) in [4.78, 5) is 12.2. The Kier molecular flexibility index (Phi) is 5.30. The number of rotatable bonds is 7. The van der Waals surface area contributed by atoms with E-state index in [4.69, 9.17) is 4.52 Å². The van der Waals surface area contributed by atoms with Crippen molar-refractivity contribution >= 4 is 27.3 Å². The highest BCUT2D eigenvalue weighted by molar-refractivity contribution is 7.91. The highest BCUT2D eigenvalue weighted by Crippen LogP contribution is 2.20. The fourth-order valence-electron chi connectivity index (χ4n) is 1.34. The van der Waals surface area contributed by atoms with Crippen LogP contribution in [-0.4, -0.2) is 30.8 Å². The number of hydrogen-bond donors (Lipinski definition) is 2. The Labute approximate surface area is 124 Å². The van der Waals surface area contributed by atoms with Crippen LogP contribution in [0.5, 0.6) is 0 Å². The summed E-state index contributed by atoms with van der Waals surface area (Å²) in [5.74, 6) is -0.112. The van der Waals surface area contributed by atoms with Gasteiger partial charge in [0.25, 0.3) is 0 Å². The van der Waals surface area contributed by atoms with Gasteiger partial charge in [-0.05, 0) is 32.8 Å². The Morgan fingerprint density at radius 3 is 2.57 bits per heavy atom. The molecule has 8 heteroatoms. The lowest BCUT2D eigenvalue weighted by molar-refractivity contribution is -0.117. The van der Waals surface area contributed by atoms with E-state index in [0.717, 1.165) is 0 Å². The molecule has 1 amide bonds. The van der Waals surface area contributed by atoms with Crippen LogP contribution in [0.1, 0.15) is 39.9 Å². The summed E-state index contributed by atoms with van der Waals surface area (Å²) in [6.07, 6.45) is 0.641. The van der Waals surface area contributed by atoms with Gasteiger partial charge in [0.1, 0.15) is 0 Å². The fraction of sp³-hybridized carbons (Fsp3) is 0.538. The summed E-state index contributed by atoms with van der Waals surface area (Å²) in [7, 11) is -3.79. The molecule has 0 aromatic carbocycles. The second kappa shape index (κ2) is 6.40. The zero-order valence-corrected chi connectivity index (χ0v) is 13.5. The number of allylic oxidation sites excluding steroid dienone is 1. The Morgan fingerprint density at radius 2 is 2.10 bits per heavy atom. The van der Waals surface area contributed by atoms with Crippen LogP contribution in [0.3, 0.4) is 0 Å². The quantitative estimate of drug-likeness (QED) is 0.798. The van der Waals surface area contributed by atoms with Gasteiger partial charge < -0.3 is 9.84 Å². The van der Waals surface area contributed by atoms with E-state index in [9.17, 15) is 13.2 Å². The minimum absolute atomic E-state index is 0.150. The lowest BCUT2D eigenvalue weighted by atomic mass is 10.2. The van der Waals surface area contributed by atoms with E-state index in [1.165, 1.54) is 19.9 Å². The van der Waals surface area contributed by atoms with Crippen LogP contribution in [0.25, 0.3) is 5.57 Å². The first kappa shape index (κ1) is 17.4. The van der Waals surface area contributed by atoms with Gasteiger partial charge in [-0.2, -0.15) is 0 Å². The van der Waals surface area contributed by atoms with Crippen LogP contribution in [0, 0.1) is 0 Å². The first-order chi connectivity index (χ1) is 9.61. The third-order valence-electron chi connectivity index (χ3n) is 2.93. The molecule has 21 heavy (non-hydrogen) atoms. The molecule has 0 spiro atoms.